The summed E-state index contributed by atoms with van der Waals surface area (Å²) in [4.78, 5) is 16.4. The van der Waals surface area contributed by atoms with Crippen molar-refractivity contribution >= 4 is 22.5 Å². The molecule has 1 heterocycles. The molecule has 2 rings (SSSR count). The zero-order valence-corrected chi connectivity index (χ0v) is 13.9. The molecule has 0 radical (unpaired) electrons. The maximum absolute atomic E-state index is 12.1. The Morgan fingerprint density at radius 2 is 1.86 bits per heavy atom. The quantitative estimate of drug-likeness (QED) is 0.905. The number of aliphatic hydroxyl groups is 1. The first-order chi connectivity index (χ1) is 10.1. The molecule has 1 aromatic heterocycles. The van der Waals surface area contributed by atoms with Crippen molar-refractivity contribution in [2.24, 2.45) is 5.41 Å². The highest BCUT2D eigenvalue weighted by Crippen LogP contribution is 2.28. The molecule has 0 spiro atoms. The number of fused-ring (bicyclic) bond motifs is 1. The zero-order valence-electron chi connectivity index (χ0n) is 13.9. The molecule has 0 aliphatic carbocycles. The minimum atomic E-state index is -0.896. The molecule has 0 aliphatic rings. The summed E-state index contributed by atoms with van der Waals surface area (Å²) in [5, 5.41) is 14.8. The van der Waals surface area contributed by atoms with Gasteiger partial charge in [-0.1, -0.05) is 32.9 Å². The molecule has 2 aromatic rings. The number of carbonyl (C=O) groups is 1. The van der Waals surface area contributed by atoms with E-state index in [2.05, 4.69) is 10.3 Å². The van der Waals surface area contributed by atoms with Gasteiger partial charge < -0.3 is 10.4 Å². The van der Waals surface area contributed by atoms with Crippen molar-refractivity contribution in [3.8, 4) is 0 Å². The Hall–Kier alpha value is -1.94. The predicted molar refractivity (Wildman–Crippen MR) is 89.7 cm³/mol. The third-order valence-corrected chi connectivity index (χ3v) is 3.42. The van der Waals surface area contributed by atoms with Crippen LogP contribution in [0.1, 0.15) is 46.6 Å². The second kappa shape index (κ2) is 5.69. The van der Waals surface area contributed by atoms with E-state index in [1.807, 2.05) is 45.0 Å². The van der Waals surface area contributed by atoms with E-state index >= 15 is 0 Å². The fourth-order valence-corrected chi connectivity index (χ4v) is 2.32. The lowest BCUT2D eigenvalue weighted by Gasteiger charge is -2.19. The maximum Gasteiger partial charge on any atom is 0.226 e. The average Bonchev–Trinajstić information content (AvgIpc) is 2.35. The van der Waals surface area contributed by atoms with Crippen LogP contribution < -0.4 is 5.32 Å². The summed E-state index contributed by atoms with van der Waals surface area (Å²) >= 11 is 0. The summed E-state index contributed by atoms with van der Waals surface area (Å²) in [6.07, 6.45) is 2.11. The van der Waals surface area contributed by atoms with Crippen LogP contribution in [0.4, 0.5) is 5.82 Å². The largest absolute Gasteiger partial charge is 0.386 e. The number of rotatable bonds is 3. The summed E-state index contributed by atoms with van der Waals surface area (Å²) in [5.74, 6) is 0.521. The molecule has 0 bridgehead atoms. The molecule has 0 atom stereocenters. The van der Waals surface area contributed by atoms with Crippen LogP contribution in [0.2, 0.25) is 0 Å². The van der Waals surface area contributed by atoms with Gasteiger partial charge in [0.25, 0.3) is 0 Å². The standard InChI is InChI=1S/C18H24N2O2/c1-17(2,3)11-15(21)20-16-14-7-6-13(18(4,5)22)10-12(14)8-9-19-16/h6-10,22H,11H2,1-5H3,(H,19,20,21). The van der Waals surface area contributed by atoms with Crippen LogP contribution in [0.5, 0.6) is 0 Å². The Labute approximate surface area is 131 Å². The number of nitrogens with one attached hydrogen (secondary N) is 1. The first kappa shape index (κ1) is 16.4. The van der Waals surface area contributed by atoms with Crippen molar-refractivity contribution in [1.82, 2.24) is 4.98 Å². The first-order valence-electron chi connectivity index (χ1n) is 7.48. The number of benzene rings is 1. The summed E-state index contributed by atoms with van der Waals surface area (Å²) in [7, 11) is 0. The molecule has 1 amide bonds. The van der Waals surface area contributed by atoms with E-state index in [1.54, 1.807) is 20.0 Å². The van der Waals surface area contributed by atoms with Gasteiger partial charge in [-0.25, -0.2) is 4.98 Å². The van der Waals surface area contributed by atoms with Gasteiger partial charge in [0.2, 0.25) is 5.91 Å². The van der Waals surface area contributed by atoms with E-state index in [4.69, 9.17) is 0 Å². The number of aromatic nitrogens is 1. The fraction of sp³-hybridized carbons (Fsp3) is 0.444. The lowest BCUT2D eigenvalue weighted by atomic mass is 9.92. The molecule has 0 saturated carbocycles. The fourth-order valence-electron chi connectivity index (χ4n) is 2.32. The maximum atomic E-state index is 12.1. The Kier molecular flexibility index (Phi) is 4.25. The molecule has 2 N–H and O–H groups in total. The molecule has 0 saturated heterocycles. The number of hydrogen-bond donors (Lipinski definition) is 2. The van der Waals surface area contributed by atoms with Crippen LogP contribution in [0.15, 0.2) is 30.5 Å². The molecule has 4 heteroatoms. The molecule has 118 valence electrons. The summed E-state index contributed by atoms with van der Waals surface area (Å²) < 4.78 is 0. The lowest BCUT2D eigenvalue weighted by molar-refractivity contribution is -0.117. The van der Waals surface area contributed by atoms with Gasteiger partial charge in [-0.05, 0) is 42.3 Å². The third kappa shape index (κ3) is 4.04. The Morgan fingerprint density at radius 1 is 1.18 bits per heavy atom. The van der Waals surface area contributed by atoms with Gasteiger partial charge in [-0.15, -0.1) is 0 Å². The van der Waals surface area contributed by atoms with Gasteiger partial charge in [0.05, 0.1) is 5.60 Å². The number of hydrogen-bond acceptors (Lipinski definition) is 3. The van der Waals surface area contributed by atoms with Crippen LogP contribution in [-0.2, 0) is 10.4 Å². The summed E-state index contributed by atoms with van der Waals surface area (Å²) in [5.41, 5.74) is -0.131. The first-order valence-corrected chi connectivity index (χ1v) is 7.48. The second-order valence-electron chi connectivity index (χ2n) is 7.44. The van der Waals surface area contributed by atoms with Gasteiger partial charge in [-0.3, -0.25) is 4.79 Å². The Balaban J connectivity index is 2.34. The zero-order chi connectivity index (χ0) is 16.5. The van der Waals surface area contributed by atoms with E-state index in [1.165, 1.54) is 0 Å². The highest BCUT2D eigenvalue weighted by molar-refractivity contribution is 6.00. The number of carbonyl (C=O) groups excluding carboxylic acids is 1. The highest BCUT2D eigenvalue weighted by atomic mass is 16.3. The van der Waals surface area contributed by atoms with Crippen LogP contribution in [-0.4, -0.2) is 16.0 Å². The summed E-state index contributed by atoms with van der Waals surface area (Å²) in [6.45, 7) is 9.58. The van der Waals surface area contributed by atoms with E-state index in [9.17, 15) is 9.90 Å². The van der Waals surface area contributed by atoms with E-state index in [0.29, 0.717) is 12.2 Å². The molecule has 22 heavy (non-hydrogen) atoms. The van der Waals surface area contributed by atoms with Crippen LogP contribution in [0.3, 0.4) is 0 Å². The van der Waals surface area contributed by atoms with Crippen molar-refractivity contribution in [2.75, 3.05) is 5.32 Å². The normalized spacial score (nSPS) is 12.5. The van der Waals surface area contributed by atoms with Crippen molar-refractivity contribution in [3.63, 3.8) is 0 Å². The third-order valence-electron chi connectivity index (χ3n) is 3.42. The van der Waals surface area contributed by atoms with Crippen molar-refractivity contribution in [2.45, 2.75) is 46.6 Å². The smallest absolute Gasteiger partial charge is 0.226 e. The monoisotopic (exact) mass is 300 g/mol. The minimum Gasteiger partial charge on any atom is -0.386 e. The summed E-state index contributed by atoms with van der Waals surface area (Å²) in [6, 6.07) is 7.56. The predicted octanol–water partition coefficient (Wildman–Crippen LogP) is 3.84. The number of anilines is 1. The van der Waals surface area contributed by atoms with Crippen LogP contribution in [0.25, 0.3) is 10.8 Å². The SMILES string of the molecule is CC(C)(C)CC(=O)Nc1nccc2cc(C(C)(C)O)ccc12. The van der Waals surface area contributed by atoms with E-state index in [-0.39, 0.29) is 11.3 Å². The van der Waals surface area contributed by atoms with Gasteiger partial charge in [-0.2, -0.15) is 0 Å². The molecule has 1 aromatic carbocycles. The van der Waals surface area contributed by atoms with Gasteiger partial charge in [0.1, 0.15) is 5.82 Å². The Bertz CT molecular complexity index is 694. The van der Waals surface area contributed by atoms with E-state index < -0.39 is 5.60 Å². The van der Waals surface area contributed by atoms with E-state index in [0.717, 1.165) is 16.3 Å². The molecule has 0 fully saturated rings. The number of amides is 1. The second-order valence-corrected chi connectivity index (χ2v) is 7.44. The molecule has 0 unspecified atom stereocenters. The number of pyridine rings is 1. The highest BCUT2D eigenvalue weighted by Gasteiger charge is 2.19. The minimum absolute atomic E-state index is 0.0425. The molecule has 4 nitrogen and oxygen atoms in total. The lowest BCUT2D eigenvalue weighted by Crippen LogP contribution is -2.20. The number of nitrogens with zero attached hydrogens (tertiary/aromatic N) is 1. The average molecular weight is 300 g/mol. The van der Waals surface area contributed by atoms with Gasteiger partial charge in [0, 0.05) is 18.0 Å². The van der Waals surface area contributed by atoms with Gasteiger partial charge in [0.15, 0.2) is 0 Å². The molecular formula is C18H24N2O2. The van der Waals surface area contributed by atoms with Crippen LogP contribution in [0, 0.1) is 5.41 Å². The molecular weight excluding hydrogens is 276 g/mol. The van der Waals surface area contributed by atoms with Crippen molar-refractivity contribution < 1.29 is 9.90 Å². The molecule has 0 aliphatic heterocycles. The van der Waals surface area contributed by atoms with Crippen molar-refractivity contribution in [3.05, 3.63) is 36.0 Å². The van der Waals surface area contributed by atoms with Crippen molar-refractivity contribution in [1.29, 1.82) is 0 Å². The van der Waals surface area contributed by atoms with Crippen LogP contribution >= 0.6 is 0 Å². The Morgan fingerprint density at radius 3 is 2.45 bits per heavy atom. The topological polar surface area (TPSA) is 62.2 Å². The van der Waals surface area contributed by atoms with Gasteiger partial charge >= 0.3 is 0 Å².